The van der Waals surface area contributed by atoms with E-state index in [-0.39, 0.29) is 6.10 Å². The van der Waals surface area contributed by atoms with Gasteiger partial charge in [0, 0.05) is 0 Å². The third-order valence-corrected chi connectivity index (χ3v) is 2.70. The van der Waals surface area contributed by atoms with Gasteiger partial charge >= 0.3 is 6.16 Å². The summed E-state index contributed by atoms with van der Waals surface area (Å²) in [5.74, 6) is 0.887. The van der Waals surface area contributed by atoms with Crippen LogP contribution in [0, 0.1) is 6.92 Å². The van der Waals surface area contributed by atoms with Crippen molar-refractivity contribution in [1.29, 1.82) is 0 Å². The Morgan fingerprint density at radius 2 is 2.06 bits per heavy atom. The van der Waals surface area contributed by atoms with Gasteiger partial charge in [-0.2, -0.15) is 0 Å². The number of phenols is 1. The number of rotatable bonds is 1. The van der Waals surface area contributed by atoms with E-state index in [0.29, 0.717) is 18.3 Å². The molecular formula is C14H20O4. The van der Waals surface area contributed by atoms with Crippen LogP contribution in [-0.4, -0.2) is 24.0 Å². The van der Waals surface area contributed by atoms with Crippen LogP contribution in [0.15, 0.2) is 18.2 Å². The van der Waals surface area contributed by atoms with Crippen LogP contribution in [0.25, 0.3) is 0 Å². The van der Waals surface area contributed by atoms with Crippen molar-refractivity contribution in [2.75, 3.05) is 6.61 Å². The molecule has 1 heterocycles. The third-order valence-electron chi connectivity index (χ3n) is 2.70. The van der Waals surface area contributed by atoms with Crippen molar-refractivity contribution in [3.05, 3.63) is 29.3 Å². The van der Waals surface area contributed by atoms with Crippen LogP contribution in [0.2, 0.25) is 0 Å². The molecule has 1 aliphatic rings. The van der Waals surface area contributed by atoms with Crippen molar-refractivity contribution in [3.8, 4) is 5.75 Å². The maximum atomic E-state index is 10.0. The molecule has 0 saturated carbocycles. The molecule has 4 heteroatoms. The topological polar surface area (TPSA) is 55.8 Å². The Morgan fingerprint density at radius 1 is 1.39 bits per heavy atom. The average molecular weight is 252 g/mol. The van der Waals surface area contributed by atoms with E-state index < -0.39 is 6.16 Å². The van der Waals surface area contributed by atoms with E-state index in [4.69, 9.17) is 0 Å². The summed E-state index contributed by atoms with van der Waals surface area (Å²) < 4.78 is 8.90. The molecule has 0 aliphatic carbocycles. The fraction of sp³-hybridized carbons (Fsp3) is 0.500. The first-order valence-corrected chi connectivity index (χ1v) is 6.03. The Labute approximate surface area is 108 Å². The molecule has 4 nitrogen and oxygen atoms in total. The molecule has 100 valence electrons. The second-order valence-corrected chi connectivity index (χ2v) is 4.64. The van der Waals surface area contributed by atoms with Crippen LogP contribution < -0.4 is 0 Å². The van der Waals surface area contributed by atoms with Crippen molar-refractivity contribution in [2.45, 2.75) is 39.7 Å². The fourth-order valence-corrected chi connectivity index (χ4v) is 1.68. The molecule has 0 bridgehead atoms. The number of benzene rings is 1. The molecule has 0 spiro atoms. The lowest BCUT2D eigenvalue weighted by Crippen LogP contribution is -2.01. The zero-order chi connectivity index (χ0) is 13.7. The maximum Gasteiger partial charge on any atom is 0.508 e. The van der Waals surface area contributed by atoms with E-state index in [1.807, 2.05) is 13.0 Å². The van der Waals surface area contributed by atoms with Gasteiger partial charge in [0.2, 0.25) is 0 Å². The van der Waals surface area contributed by atoms with Gasteiger partial charge in [-0.3, -0.25) is 0 Å². The van der Waals surface area contributed by atoms with Crippen LogP contribution in [-0.2, 0) is 9.47 Å². The maximum absolute atomic E-state index is 10.0. The normalized spacial score (nSPS) is 17.8. The average Bonchev–Trinajstić information content (AvgIpc) is 2.67. The summed E-state index contributed by atoms with van der Waals surface area (Å²) in [4.78, 5) is 10.0. The summed E-state index contributed by atoms with van der Waals surface area (Å²) in [5, 5.41) is 9.35. The Bertz CT molecular complexity index is 412. The highest BCUT2D eigenvalue weighted by Crippen LogP contribution is 2.25. The minimum absolute atomic E-state index is 0.0486. The standard InChI is InChI=1S/C10H14O.C4H6O3/c1-7(2)9-5-4-6-10(11)8(9)3;1-3-2-6-4(5)7-3/h4-7,11H,1-3H3;3H,2H2,1H3. The van der Waals surface area contributed by atoms with Crippen LogP contribution in [0.3, 0.4) is 0 Å². The smallest absolute Gasteiger partial charge is 0.508 e. The Balaban J connectivity index is 0.000000199. The Hall–Kier alpha value is -1.71. The van der Waals surface area contributed by atoms with Crippen LogP contribution >= 0.6 is 0 Å². The van der Waals surface area contributed by atoms with Crippen molar-refractivity contribution in [2.24, 2.45) is 0 Å². The predicted molar refractivity (Wildman–Crippen MR) is 68.8 cm³/mol. The van der Waals surface area contributed by atoms with Gasteiger partial charge in [-0.25, -0.2) is 4.79 Å². The Kier molecular flexibility index (Phi) is 5.01. The highest BCUT2D eigenvalue weighted by molar-refractivity contribution is 5.61. The molecule has 1 aliphatic heterocycles. The predicted octanol–water partition coefficient (Wildman–Crippen LogP) is 3.37. The van der Waals surface area contributed by atoms with Gasteiger partial charge in [0.25, 0.3) is 0 Å². The van der Waals surface area contributed by atoms with Crippen LogP contribution in [0.1, 0.15) is 37.8 Å². The van der Waals surface area contributed by atoms with Crippen molar-refractivity contribution in [3.63, 3.8) is 0 Å². The number of carbonyl (C=O) groups excluding carboxylic acids is 1. The van der Waals surface area contributed by atoms with Gasteiger partial charge in [0.15, 0.2) is 0 Å². The molecule has 1 saturated heterocycles. The molecule has 1 atom stereocenters. The van der Waals surface area contributed by atoms with Gasteiger partial charge in [0.05, 0.1) is 0 Å². The highest BCUT2D eigenvalue weighted by atomic mass is 16.8. The fourth-order valence-electron chi connectivity index (χ4n) is 1.68. The number of aromatic hydroxyl groups is 1. The van der Waals surface area contributed by atoms with Gasteiger partial charge in [0.1, 0.15) is 18.5 Å². The molecule has 0 aromatic heterocycles. The number of hydrogen-bond donors (Lipinski definition) is 1. The summed E-state index contributed by atoms with van der Waals surface area (Å²) in [6, 6.07) is 5.67. The van der Waals surface area contributed by atoms with Gasteiger partial charge in [-0.05, 0) is 37.0 Å². The molecule has 1 fully saturated rings. The van der Waals surface area contributed by atoms with Gasteiger partial charge < -0.3 is 14.6 Å². The van der Waals surface area contributed by atoms with E-state index in [1.165, 1.54) is 5.56 Å². The molecule has 1 unspecified atom stereocenters. The Morgan fingerprint density at radius 3 is 2.39 bits per heavy atom. The van der Waals surface area contributed by atoms with E-state index in [0.717, 1.165) is 5.56 Å². The number of cyclic esters (lactones) is 2. The largest absolute Gasteiger partial charge is 0.508 e. The van der Waals surface area contributed by atoms with Crippen molar-refractivity contribution >= 4 is 6.16 Å². The molecule has 2 rings (SSSR count). The first kappa shape index (κ1) is 14.4. The molecule has 18 heavy (non-hydrogen) atoms. The zero-order valence-electron chi connectivity index (χ0n) is 11.3. The van der Waals surface area contributed by atoms with Crippen LogP contribution in [0.4, 0.5) is 4.79 Å². The van der Waals surface area contributed by atoms with E-state index in [1.54, 1.807) is 13.0 Å². The number of carbonyl (C=O) groups is 1. The zero-order valence-corrected chi connectivity index (χ0v) is 11.3. The minimum Gasteiger partial charge on any atom is -0.508 e. The van der Waals surface area contributed by atoms with E-state index in [2.05, 4.69) is 29.4 Å². The molecule has 1 aromatic rings. The monoisotopic (exact) mass is 252 g/mol. The first-order valence-electron chi connectivity index (χ1n) is 6.03. The van der Waals surface area contributed by atoms with Crippen LogP contribution in [0.5, 0.6) is 5.75 Å². The first-order chi connectivity index (χ1) is 8.41. The summed E-state index contributed by atoms with van der Waals surface area (Å²) in [6.45, 7) is 8.39. The van der Waals surface area contributed by atoms with E-state index >= 15 is 0 Å². The quantitative estimate of drug-likeness (QED) is 0.778. The second-order valence-electron chi connectivity index (χ2n) is 4.64. The summed E-state index contributed by atoms with van der Waals surface area (Å²) in [7, 11) is 0. The summed E-state index contributed by atoms with van der Waals surface area (Å²) >= 11 is 0. The molecule has 1 aromatic carbocycles. The molecular weight excluding hydrogens is 232 g/mol. The lowest BCUT2D eigenvalue weighted by Gasteiger charge is -2.09. The lowest BCUT2D eigenvalue weighted by molar-refractivity contribution is 0.121. The van der Waals surface area contributed by atoms with Gasteiger partial charge in [-0.15, -0.1) is 0 Å². The van der Waals surface area contributed by atoms with Crippen molar-refractivity contribution < 1.29 is 19.4 Å². The highest BCUT2D eigenvalue weighted by Gasteiger charge is 2.19. The molecule has 1 N–H and O–H groups in total. The SMILES string of the molecule is CC1COC(=O)O1.Cc1c(O)cccc1C(C)C. The lowest BCUT2D eigenvalue weighted by atomic mass is 9.98. The minimum atomic E-state index is -0.549. The van der Waals surface area contributed by atoms with E-state index in [9.17, 15) is 9.90 Å². The third kappa shape index (κ3) is 3.95. The number of phenolic OH excluding ortho intramolecular Hbond substituents is 1. The van der Waals surface area contributed by atoms with Crippen molar-refractivity contribution in [1.82, 2.24) is 0 Å². The number of hydrogen-bond acceptors (Lipinski definition) is 4. The summed E-state index contributed by atoms with van der Waals surface area (Å²) in [5.41, 5.74) is 2.23. The van der Waals surface area contributed by atoms with Gasteiger partial charge in [-0.1, -0.05) is 26.0 Å². The number of ether oxygens (including phenoxy) is 2. The molecule has 0 radical (unpaired) electrons. The molecule has 0 amide bonds. The second kappa shape index (κ2) is 6.28. The summed E-state index contributed by atoms with van der Waals surface area (Å²) in [6.07, 6.45) is -0.597.